The molecule has 1 heterocycles. The van der Waals surface area contributed by atoms with Crippen molar-refractivity contribution in [2.45, 2.75) is 11.8 Å². The Morgan fingerprint density at radius 1 is 1.29 bits per heavy atom. The summed E-state index contributed by atoms with van der Waals surface area (Å²) in [6, 6.07) is 3.88. The highest BCUT2D eigenvalue weighted by molar-refractivity contribution is 7.99. The van der Waals surface area contributed by atoms with E-state index in [1.165, 1.54) is 16.4 Å². The van der Waals surface area contributed by atoms with Gasteiger partial charge in [0.2, 0.25) is 10.0 Å². The predicted molar refractivity (Wildman–Crippen MR) is 67.2 cm³/mol. The first-order valence-corrected chi connectivity index (χ1v) is 7.95. The highest BCUT2D eigenvalue weighted by Gasteiger charge is 2.27. The van der Waals surface area contributed by atoms with Gasteiger partial charge in [-0.25, -0.2) is 12.8 Å². The van der Waals surface area contributed by atoms with Crippen LogP contribution in [0.4, 0.5) is 4.39 Å². The molecule has 1 aromatic rings. The van der Waals surface area contributed by atoms with Crippen LogP contribution in [0.2, 0.25) is 0 Å². The molecule has 3 nitrogen and oxygen atoms in total. The monoisotopic (exact) mass is 275 g/mol. The molecule has 0 bridgehead atoms. The van der Waals surface area contributed by atoms with E-state index in [0.29, 0.717) is 18.7 Å². The highest BCUT2D eigenvalue weighted by atomic mass is 32.2. The first kappa shape index (κ1) is 12.9. The van der Waals surface area contributed by atoms with Gasteiger partial charge in [-0.1, -0.05) is 6.07 Å². The van der Waals surface area contributed by atoms with Crippen LogP contribution in [0.5, 0.6) is 0 Å². The maximum Gasteiger partial charge on any atom is 0.243 e. The van der Waals surface area contributed by atoms with Crippen LogP contribution in [0.3, 0.4) is 0 Å². The number of halogens is 1. The van der Waals surface area contributed by atoms with E-state index in [0.717, 1.165) is 17.6 Å². The molecule has 1 aromatic carbocycles. The molecule has 0 N–H and O–H groups in total. The Morgan fingerprint density at radius 2 is 1.94 bits per heavy atom. The Bertz CT molecular complexity index is 510. The van der Waals surface area contributed by atoms with Gasteiger partial charge in [-0.05, 0) is 24.6 Å². The van der Waals surface area contributed by atoms with E-state index >= 15 is 0 Å². The molecule has 0 amide bonds. The molecule has 94 valence electrons. The maximum absolute atomic E-state index is 13.2. The van der Waals surface area contributed by atoms with Crippen molar-refractivity contribution < 1.29 is 12.8 Å². The summed E-state index contributed by atoms with van der Waals surface area (Å²) in [7, 11) is -3.54. The van der Waals surface area contributed by atoms with E-state index in [1.807, 2.05) is 0 Å². The van der Waals surface area contributed by atoms with Gasteiger partial charge < -0.3 is 0 Å². The molecular formula is C11H14FNO2S2. The Morgan fingerprint density at radius 3 is 2.59 bits per heavy atom. The van der Waals surface area contributed by atoms with Gasteiger partial charge in [0.05, 0.1) is 4.90 Å². The molecule has 0 spiro atoms. The third kappa shape index (κ3) is 2.64. The third-order valence-corrected chi connectivity index (χ3v) is 5.72. The van der Waals surface area contributed by atoms with Crippen LogP contribution in [-0.4, -0.2) is 37.3 Å². The number of nitrogens with zero attached hydrogens (tertiary/aromatic N) is 1. The minimum absolute atomic E-state index is 0.0874. The summed E-state index contributed by atoms with van der Waals surface area (Å²) in [5, 5.41) is 0. The quantitative estimate of drug-likeness (QED) is 0.827. The molecule has 1 saturated heterocycles. The molecule has 0 unspecified atom stereocenters. The van der Waals surface area contributed by atoms with Crippen molar-refractivity contribution in [2.24, 2.45) is 0 Å². The second-order valence-electron chi connectivity index (χ2n) is 3.93. The topological polar surface area (TPSA) is 37.4 Å². The Kier molecular flexibility index (Phi) is 3.75. The standard InChI is InChI=1S/C11H14FNO2S2/c1-9-2-3-10(12)8-11(9)17(14,15)13-4-6-16-7-5-13/h2-3,8H,4-7H2,1H3. The van der Waals surface area contributed by atoms with Gasteiger partial charge in [-0.3, -0.25) is 0 Å². The van der Waals surface area contributed by atoms with Crippen molar-refractivity contribution in [1.82, 2.24) is 4.31 Å². The number of benzene rings is 1. The average molecular weight is 275 g/mol. The van der Waals surface area contributed by atoms with Gasteiger partial charge >= 0.3 is 0 Å². The van der Waals surface area contributed by atoms with Crippen LogP contribution in [-0.2, 0) is 10.0 Å². The fraction of sp³-hybridized carbons (Fsp3) is 0.455. The molecule has 0 radical (unpaired) electrons. The smallest absolute Gasteiger partial charge is 0.207 e. The largest absolute Gasteiger partial charge is 0.243 e. The van der Waals surface area contributed by atoms with E-state index in [9.17, 15) is 12.8 Å². The minimum Gasteiger partial charge on any atom is -0.207 e. The lowest BCUT2D eigenvalue weighted by molar-refractivity contribution is 0.442. The molecule has 1 aliphatic heterocycles. The summed E-state index contributed by atoms with van der Waals surface area (Å²) < 4.78 is 39.2. The van der Waals surface area contributed by atoms with Gasteiger partial charge in [-0.15, -0.1) is 0 Å². The first-order chi connectivity index (χ1) is 8.01. The molecule has 17 heavy (non-hydrogen) atoms. The number of hydrogen-bond acceptors (Lipinski definition) is 3. The molecule has 2 rings (SSSR count). The van der Waals surface area contributed by atoms with Gasteiger partial charge in [-0.2, -0.15) is 16.1 Å². The second kappa shape index (κ2) is 4.96. The van der Waals surface area contributed by atoms with E-state index < -0.39 is 15.8 Å². The SMILES string of the molecule is Cc1ccc(F)cc1S(=O)(=O)N1CCSCC1. The zero-order chi connectivity index (χ0) is 12.5. The Labute approximate surface area is 105 Å². The maximum atomic E-state index is 13.2. The number of thioether (sulfide) groups is 1. The van der Waals surface area contributed by atoms with Crippen molar-refractivity contribution in [3.63, 3.8) is 0 Å². The molecule has 1 fully saturated rings. The van der Waals surface area contributed by atoms with Crippen molar-refractivity contribution in [2.75, 3.05) is 24.6 Å². The normalized spacial score (nSPS) is 18.2. The fourth-order valence-corrected chi connectivity index (χ4v) is 4.59. The minimum atomic E-state index is -3.54. The number of aryl methyl sites for hydroxylation is 1. The molecular weight excluding hydrogens is 261 g/mol. The summed E-state index contributed by atoms with van der Waals surface area (Å²) in [5.74, 6) is 1.09. The van der Waals surface area contributed by atoms with Crippen LogP contribution in [0.25, 0.3) is 0 Å². The van der Waals surface area contributed by atoms with Crippen molar-refractivity contribution in [3.8, 4) is 0 Å². The molecule has 1 aliphatic rings. The lowest BCUT2D eigenvalue weighted by Crippen LogP contribution is -2.38. The van der Waals surface area contributed by atoms with E-state index in [1.54, 1.807) is 18.7 Å². The second-order valence-corrected chi connectivity index (χ2v) is 7.06. The first-order valence-electron chi connectivity index (χ1n) is 5.36. The van der Waals surface area contributed by atoms with Crippen molar-refractivity contribution in [1.29, 1.82) is 0 Å². The van der Waals surface area contributed by atoms with Crippen molar-refractivity contribution in [3.05, 3.63) is 29.6 Å². The summed E-state index contributed by atoms with van der Waals surface area (Å²) in [6.07, 6.45) is 0. The third-order valence-electron chi connectivity index (χ3n) is 2.74. The molecule has 0 atom stereocenters. The summed E-state index contributed by atoms with van der Waals surface area (Å²) in [4.78, 5) is 0.0874. The van der Waals surface area contributed by atoms with Crippen LogP contribution in [0.1, 0.15) is 5.56 Å². The summed E-state index contributed by atoms with van der Waals surface area (Å²) in [5.41, 5.74) is 0.588. The van der Waals surface area contributed by atoms with E-state index in [-0.39, 0.29) is 4.90 Å². The lowest BCUT2D eigenvalue weighted by atomic mass is 10.2. The molecule has 0 saturated carbocycles. The summed E-state index contributed by atoms with van der Waals surface area (Å²) in [6.45, 7) is 2.69. The average Bonchev–Trinajstić information content (AvgIpc) is 2.33. The predicted octanol–water partition coefficient (Wildman–Crippen LogP) is 1.87. The van der Waals surface area contributed by atoms with Crippen LogP contribution >= 0.6 is 11.8 Å². The molecule has 0 aliphatic carbocycles. The van der Waals surface area contributed by atoms with Gasteiger partial charge in [0.1, 0.15) is 5.82 Å². The van der Waals surface area contributed by atoms with Gasteiger partial charge in [0.25, 0.3) is 0 Å². The zero-order valence-corrected chi connectivity index (χ0v) is 11.2. The molecule has 0 aromatic heterocycles. The van der Waals surface area contributed by atoms with Crippen LogP contribution < -0.4 is 0 Å². The Balaban J connectivity index is 2.40. The van der Waals surface area contributed by atoms with Crippen LogP contribution in [0.15, 0.2) is 23.1 Å². The van der Waals surface area contributed by atoms with Crippen molar-refractivity contribution >= 4 is 21.8 Å². The van der Waals surface area contributed by atoms with E-state index in [4.69, 9.17) is 0 Å². The van der Waals surface area contributed by atoms with Crippen LogP contribution in [0, 0.1) is 12.7 Å². The number of rotatable bonds is 2. The van der Waals surface area contributed by atoms with E-state index in [2.05, 4.69) is 0 Å². The number of hydrogen-bond donors (Lipinski definition) is 0. The summed E-state index contributed by atoms with van der Waals surface area (Å²) >= 11 is 1.74. The fourth-order valence-electron chi connectivity index (χ4n) is 1.78. The highest BCUT2D eigenvalue weighted by Crippen LogP contribution is 2.23. The van der Waals surface area contributed by atoms with Gasteiger partial charge in [0.15, 0.2) is 0 Å². The lowest BCUT2D eigenvalue weighted by Gasteiger charge is -2.26. The Hall–Kier alpha value is -0.590. The molecule has 6 heteroatoms. The number of sulfonamides is 1. The van der Waals surface area contributed by atoms with Gasteiger partial charge in [0, 0.05) is 24.6 Å². The zero-order valence-electron chi connectivity index (χ0n) is 9.52.